The van der Waals surface area contributed by atoms with Crippen LogP contribution in [0.5, 0.6) is 0 Å². The fourth-order valence-corrected chi connectivity index (χ4v) is 2.48. The van der Waals surface area contributed by atoms with E-state index in [0.717, 1.165) is 6.42 Å². The highest BCUT2D eigenvalue weighted by Gasteiger charge is 2.17. The van der Waals surface area contributed by atoms with Crippen LogP contribution in [0.2, 0.25) is 0 Å². The average molecular weight is 271 g/mol. The van der Waals surface area contributed by atoms with Gasteiger partial charge in [0.1, 0.15) is 6.04 Å². The molecule has 1 aliphatic carbocycles. The molecule has 1 rings (SSSR count). The monoisotopic (exact) mass is 271 g/mol. The van der Waals surface area contributed by atoms with Crippen molar-refractivity contribution in [3.05, 3.63) is 0 Å². The minimum atomic E-state index is -0.278. The second-order valence-electron chi connectivity index (χ2n) is 4.97. The standard InChI is InChI=1S/C13H25N3OS/c1-3-9-14-12(17)10(2)15-13(18)16-11-7-5-4-6-8-11/h10-11H,3-9H2,1-2H3,(H,14,17)(H2,15,16,18)/t10-/m0/s1. The van der Waals surface area contributed by atoms with Crippen molar-refractivity contribution in [2.24, 2.45) is 0 Å². The predicted molar refractivity (Wildman–Crippen MR) is 78.5 cm³/mol. The minimum Gasteiger partial charge on any atom is -0.360 e. The van der Waals surface area contributed by atoms with Crippen LogP contribution < -0.4 is 16.0 Å². The molecule has 0 aliphatic heterocycles. The van der Waals surface area contributed by atoms with Crippen LogP contribution in [0.1, 0.15) is 52.4 Å². The van der Waals surface area contributed by atoms with Gasteiger partial charge in [-0.3, -0.25) is 4.79 Å². The van der Waals surface area contributed by atoms with E-state index in [1.807, 2.05) is 13.8 Å². The Morgan fingerprint density at radius 2 is 2.00 bits per heavy atom. The van der Waals surface area contributed by atoms with Gasteiger partial charge in [-0.15, -0.1) is 0 Å². The third-order valence-corrected chi connectivity index (χ3v) is 3.47. The Hall–Kier alpha value is -0.840. The molecule has 104 valence electrons. The van der Waals surface area contributed by atoms with Crippen molar-refractivity contribution in [3.63, 3.8) is 0 Å². The number of carbonyl (C=O) groups is 1. The topological polar surface area (TPSA) is 53.2 Å². The number of nitrogens with one attached hydrogen (secondary N) is 3. The first-order valence-electron chi connectivity index (χ1n) is 6.98. The fourth-order valence-electron chi connectivity index (χ4n) is 2.14. The van der Waals surface area contributed by atoms with Gasteiger partial charge in [-0.05, 0) is 38.4 Å². The molecule has 0 heterocycles. The number of rotatable bonds is 5. The SMILES string of the molecule is CCCNC(=O)[C@H](C)NC(=S)NC1CCCCC1. The molecule has 0 spiro atoms. The largest absolute Gasteiger partial charge is 0.360 e. The lowest BCUT2D eigenvalue weighted by Crippen LogP contribution is -2.50. The summed E-state index contributed by atoms with van der Waals surface area (Å²) in [7, 11) is 0. The molecule has 1 amide bonds. The molecule has 3 N–H and O–H groups in total. The molecule has 1 saturated carbocycles. The Balaban J connectivity index is 2.23. The van der Waals surface area contributed by atoms with E-state index in [2.05, 4.69) is 16.0 Å². The maximum absolute atomic E-state index is 11.7. The average Bonchev–Trinajstić information content (AvgIpc) is 2.36. The number of hydrogen-bond donors (Lipinski definition) is 3. The summed E-state index contributed by atoms with van der Waals surface area (Å²) in [5, 5.41) is 9.80. The highest BCUT2D eigenvalue weighted by atomic mass is 32.1. The van der Waals surface area contributed by atoms with Crippen LogP contribution in [0.25, 0.3) is 0 Å². The molecule has 0 saturated heterocycles. The Kier molecular flexibility index (Phi) is 7.01. The summed E-state index contributed by atoms with van der Waals surface area (Å²) < 4.78 is 0. The molecule has 0 bridgehead atoms. The first-order valence-corrected chi connectivity index (χ1v) is 7.39. The first kappa shape index (κ1) is 15.2. The molecule has 0 unspecified atom stereocenters. The summed E-state index contributed by atoms with van der Waals surface area (Å²) in [5.41, 5.74) is 0. The van der Waals surface area contributed by atoms with Crippen LogP contribution >= 0.6 is 12.2 Å². The molecular weight excluding hydrogens is 246 g/mol. The molecule has 5 heteroatoms. The summed E-state index contributed by atoms with van der Waals surface area (Å²) in [6.45, 7) is 4.58. The maximum atomic E-state index is 11.7. The first-order chi connectivity index (χ1) is 8.63. The third-order valence-electron chi connectivity index (χ3n) is 3.23. The Bertz CT molecular complexity index is 277. The quantitative estimate of drug-likeness (QED) is 0.666. The minimum absolute atomic E-state index is 0.00430. The van der Waals surface area contributed by atoms with E-state index in [0.29, 0.717) is 17.7 Å². The molecule has 0 radical (unpaired) electrons. The normalized spacial score (nSPS) is 17.9. The lowest BCUT2D eigenvalue weighted by atomic mass is 9.96. The number of amides is 1. The van der Waals surface area contributed by atoms with Gasteiger partial charge in [0.15, 0.2) is 5.11 Å². The van der Waals surface area contributed by atoms with Gasteiger partial charge in [0.25, 0.3) is 0 Å². The van der Waals surface area contributed by atoms with Crippen molar-refractivity contribution in [2.45, 2.75) is 64.5 Å². The molecule has 1 fully saturated rings. The molecule has 4 nitrogen and oxygen atoms in total. The van der Waals surface area contributed by atoms with Crippen molar-refractivity contribution in [1.29, 1.82) is 0 Å². The lowest BCUT2D eigenvalue weighted by molar-refractivity contribution is -0.122. The van der Waals surface area contributed by atoms with Gasteiger partial charge in [-0.1, -0.05) is 26.2 Å². The Morgan fingerprint density at radius 3 is 2.61 bits per heavy atom. The third kappa shape index (κ3) is 5.67. The van der Waals surface area contributed by atoms with Gasteiger partial charge in [0.2, 0.25) is 5.91 Å². The van der Waals surface area contributed by atoms with Crippen LogP contribution in [0.3, 0.4) is 0 Å². The number of hydrogen-bond acceptors (Lipinski definition) is 2. The summed E-state index contributed by atoms with van der Waals surface area (Å²) >= 11 is 5.24. The Labute approximate surface area is 115 Å². The van der Waals surface area contributed by atoms with Crippen molar-refractivity contribution in [1.82, 2.24) is 16.0 Å². The maximum Gasteiger partial charge on any atom is 0.242 e. The van der Waals surface area contributed by atoms with E-state index in [-0.39, 0.29) is 11.9 Å². The molecule has 0 aromatic rings. The second-order valence-corrected chi connectivity index (χ2v) is 5.37. The summed E-state index contributed by atoms with van der Waals surface area (Å²) in [6, 6.07) is 0.199. The summed E-state index contributed by atoms with van der Waals surface area (Å²) in [6.07, 6.45) is 7.17. The van der Waals surface area contributed by atoms with Gasteiger partial charge in [0.05, 0.1) is 0 Å². The van der Waals surface area contributed by atoms with Gasteiger partial charge < -0.3 is 16.0 Å². The number of carbonyl (C=O) groups excluding carboxylic acids is 1. The van der Waals surface area contributed by atoms with E-state index in [1.54, 1.807) is 0 Å². The smallest absolute Gasteiger partial charge is 0.242 e. The highest BCUT2D eigenvalue weighted by molar-refractivity contribution is 7.80. The van der Waals surface area contributed by atoms with E-state index in [4.69, 9.17) is 12.2 Å². The van der Waals surface area contributed by atoms with Crippen molar-refractivity contribution in [3.8, 4) is 0 Å². The summed E-state index contributed by atoms with van der Waals surface area (Å²) in [4.78, 5) is 11.7. The fraction of sp³-hybridized carbons (Fsp3) is 0.846. The van der Waals surface area contributed by atoms with E-state index >= 15 is 0 Å². The highest BCUT2D eigenvalue weighted by Crippen LogP contribution is 2.17. The summed E-state index contributed by atoms with van der Waals surface area (Å²) in [5.74, 6) is 0.00430. The molecule has 0 aromatic carbocycles. The van der Waals surface area contributed by atoms with Crippen molar-refractivity contribution >= 4 is 23.2 Å². The van der Waals surface area contributed by atoms with Crippen LogP contribution in [0.15, 0.2) is 0 Å². The lowest BCUT2D eigenvalue weighted by Gasteiger charge is -2.25. The van der Waals surface area contributed by atoms with Crippen molar-refractivity contribution < 1.29 is 4.79 Å². The van der Waals surface area contributed by atoms with E-state index < -0.39 is 0 Å². The molecule has 0 aromatic heterocycles. The molecule has 1 atom stereocenters. The van der Waals surface area contributed by atoms with Gasteiger partial charge in [0, 0.05) is 12.6 Å². The van der Waals surface area contributed by atoms with Crippen LogP contribution in [-0.4, -0.2) is 29.6 Å². The van der Waals surface area contributed by atoms with Crippen LogP contribution in [0.4, 0.5) is 0 Å². The number of thiocarbonyl (C=S) groups is 1. The van der Waals surface area contributed by atoms with Crippen LogP contribution in [-0.2, 0) is 4.79 Å². The Morgan fingerprint density at radius 1 is 1.33 bits per heavy atom. The van der Waals surface area contributed by atoms with Crippen LogP contribution in [0, 0.1) is 0 Å². The van der Waals surface area contributed by atoms with Gasteiger partial charge in [-0.2, -0.15) is 0 Å². The van der Waals surface area contributed by atoms with E-state index in [9.17, 15) is 4.79 Å². The molecule has 18 heavy (non-hydrogen) atoms. The molecule has 1 aliphatic rings. The molecular formula is C13H25N3OS. The zero-order chi connectivity index (χ0) is 13.4. The second kappa shape index (κ2) is 8.29. The predicted octanol–water partition coefficient (Wildman–Crippen LogP) is 1.70. The zero-order valence-electron chi connectivity index (χ0n) is 11.4. The van der Waals surface area contributed by atoms with Gasteiger partial charge >= 0.3 is 0 Å². The van der Waals surface area contributed by atoms with Gasteiger partial charge in [-0.25, -0.2) is 0 Å². The van der Waals surface area contributed by atoms with E-state index in [1.165, 1.54) is 32.1 Å². The van der Waals surface area contributed by atoms with Crippen molar-refractivity contribution in [2.75, 3.05) is 6.54 Å². The zero-order valence-corrected chi connectivity index (χ0v) is 12.2.